The SMILES string of the molecule is CCOC(=O)C1(COc2ccccc2)C=C([C@@H](NC(=O)OC(C)(C)C)C(C)C)NO1. The van der Waals surface area contributed by atoms with Gasteiger partial charge in [-0.25, -0.2) is 14.4 Å². The molecule has 0 spiro atoms. The molecule has 1 aromatic carbocycles. The molecule has 0 aliphatic carbocycles. The van der Waals surface area contributed by atoms with Gasteiger partial charge in [-0.1, -0.05) is 32.0 Å². The summed E-state index contributed by atoms with van der Waals surface area (Å²) in [7, 11) is 0. The fourth-order valence-electron chi connectivity index (χ4n) is 2.84. The summed E-state index contributed by atoms with van der Waals surface area (Å²) >= 11 is 0. The molecule has 2 atom stereocenters. The number of carbonyl (C=O) groups is 2. The van der Waals surface area contributed by atoms with Crippen molar-refractivity contribution in [3.63, 3.8) is 0 Å². The minimum absolute atomic E-state index is 0.00657. The molecule has 30 heavy (non-hydrogen) atoms. The lowest BCUT2D eigenvalue weighted by molar-refractivity contribution is -0.172. The maximum atomic E-state index is 12.7. The van der Waals surface area contributed by atoms with Crippen LogP contribution in [0, 0.1) is 5.92 Å². The zero-order valence-corrected chi connectivity index (χ0v) is 18.5. The summed E-state index contributed by atoms with van der Waals surface area (Å²) in [6.07, 6.45) is 1.05. The molecular formula is C22H32N2O6. The number of nitrogens with one attached hydrogen (secondary N) is 2. The molecular weight excluding hydrogens is 388 g/mol. The molecule has 0 radical (unpaired) electrons. The highest BCUT2D eigenvalue weighted by Crippen LogP contribution is 2.27. The van der Waals surface area contributed by atoms with Crippen LogP contribution in [0.3, 0.4) is 0 Å². The summed E-state index contributed by atoms with van der Waals surface area (Å²) in [5.74, 6) is 0.00928. The van der Waals surface area contributed by atoms with Crippen LogP contribution >= 0.6 is 0 Å². The third-order valence-corrected chi connectivity index (χ3v) is 4.23. The Bertz CT molecular complexity index is 757. The highest BCUT2D eigenvalue weighted by molar-refractivity contribution is 5.83. The third-order valence-electron chi connectivity index (χ3n) is 4.23. The molecule has 2 N–H and O–H groups in total. The van der Waals surface area contributed by atoms with Gasteiger partial charge in [0.25, 0.3) is 0 Å². The molecule has 8 heteroatoms. The zero-order valence-electron chi connectivity index (χ0n) is 18.5. The summed E-state index contributed by atoms with van der Waals surface area (Å²) in [6, 6.07) is 8.64. The fourth-order valence-corrected chi connectivity index (χ4v) is 2.84. The zero-order chi connectivity index (χ0) is 22.4. The molecule has 1 heterocycles. The molecule has 8 nitrogen and oxygen atoms in total. The summed E-state index contributed by atoms with van der Waals surface area (Å²) in [5, 5.41) is 2.83. The van der Waals surface area contributed by atoms with Crippen molar-refractivity contribution in [1.82, 2.24) is 10.8 Å². The molecule has 0 fully saturated rings. The first-order chi connectivity index (χ1) is 14.1. The lowest BCUT2D eigenvalue weighted by Gasteiger charge is -2.26. The van der Waals surface area contributed by atoms with Gasteiger partial charge in [0.05, 0.1) is 18.3 Å². The van der Waals surface area contributed by atoms with E-state index in [1.807, 2.05) is 32.0 Å². The van der Waals surface area contributed by atoms with Gasteiger partial charge in [0.2, 0.25) is 5.60 Å². The van der Waals surface area contributed by atoms with Crippen LogP contribution in [-0.2, 0) is 19.1 Å². The van der Waals surface area contributed by atoms with Crippen LogP contribution in [0.15, 0.2) is 42.1 Å². The predicted octanol–water partition coefficient (Wildman–Crippen LogP) is 3.34. The van der Waals surface area contributed by atoms with Gasteiger partial charge in [0, 0.05) is 0 Å². The number of hydrogen-bond donors (Lipinski definition) is 2. The van der Waals surface area contributed by atoms with Gasteiger partial charge >= 0.3 is 12.1 Å². The molecule has 166 valence electrons. The van der Waals surface area contributed by atoms with Crippen LogP contribution in [0.4, 0.5) is 4.79 Å². The van der Waals surface area contributed by atoms with Crippen molar-refractivity contribution in [2.45, 2.75) is 58.8 Å². The van der Waals surface area contributed by atoms with Crippen LogP contribution in [-0.4, -0.2) is 42.5 Å². The summed E-state index contributed by atoms with van der Waals surface area (Å²) in [6.45, 7) is 11.1. The Morgan fingerprint density at radius 1 is 1.20 bits per heavy atom. The van der Waals surface area contributed by atoms with Crippen molar-refractivity contribution in [3.05, 3.63) is 42.1 Å². The molecule has 1 amide bonds. The van der Waals surface area contributed by atoms with Crippen LogP contribution in [0.2, 0.25) is 0 Å². The van der Waals surface area contributed by atoms with E-state index in [4.69, 9.17) is 19.0 Å². The number of carbonyl (C=O) groups excluding carboxylic acids is 2. The first-order valence-corrected chi connectivity index (χ1v) is 10.1. The molecule has 1 unspecified atom stereocenters. The summed E-state index contributed by atoms with van der Waals surface area (Å²) < 4.78 is 16.3. The van der Waals surface area contributed by atoms with E-state index in [1.54, 1.807) is 45.9 Å². The molecule has 2 rings (SSSR count). The minimum atomic E-state index is -1.48. The van der Waals surface area contributed by atoms with Crippen LogP contribution in [0.5, 0.6) is 5.75 Å². The van der Waals surface area contributed by atoms with Gasteiger partial charge in [-0.05, 0) is 51.8 Å². The van der Waals surface area contributed by atoms with Gasteiger partial charge in [0.15, 0.2) is 0 Å². The van der Waals surface area contributed by atoms with Crippen molar-refractivity contribution in [3.8, 4) is 5.75 Å². The normalized spacial score (nSPS) is 19.5. The number of ether oxygens (including phenoxy) is 3. The van der Waals surface area contributed by atoms with Gasteiger partial charge in [-0.3, -0.25) is 5.48 Å². The first kappa shape index (κ1) is 23.5. The van der Waals surface area contributed by atoms with E-state index in [2.05, 4.69) is 10.8 Å². The first-order valence-electron chi connectivity index (χ1n) is 10.1. The van der Waals surface area contributed by atoms with E-state index in [0.717, 1.165) is 0 Å². The molecule has 0 saturated heterocycles. The van der Waals surface area contributed by atoms with E-state index < -0.39 is 29.3 Å². The second kappa shape index (κ2) is 9.84. The molecule has 0 saturated carbocycles. The van der Waals surface area contributed by atoms with E-state index >= 15 is 0 Å². The number of rotatable bonds is 8. The van der Waals surface area contributed by atoms with E-state index in [0.29, 0.717) is 11.4 Å². The van der Waals surface area contributed by atoms with Crippen molar-refractivity contribution >= 4 is 12.1 Å². The van der Waals surface area contributed by atoms with Crippen molar-refractivity contribution in [1.29, 1.82) is 0 Å². The standard InChI is InChI=1S/C22H32N2O6/c1-7-27-19(25)22(14-28-16-11-9-8-10-12-16)13-17(24-30-22)18(15(2)3)23-20(26)29-21(4,5)6/h8-13,15,18,24H,7,14H2,1-6H3,(H,23,26)/t18-,22?/m0/s1. The predicted molar refractivity (Wildman–Crippen MR) is 112 cm³/mol. The molecule has 1 aliphatic rings. The Hall–Kier alpha value is -2.74. The smallest absolute Gasteiger partial charge is 0.408 e. The number of alkyl carbamates (subject to hydrolysis) is 1. The van der Waals surface area contributed by atoms with Gasteiger partial charge < -0.3 is 19.5 Å². The van der Waals surface area contributed by atoms with E-state index in [-0.39, 0.29) is 19.1 Å². The average molecular weight is 421 g/mol. The fraction of sp³-hybridized carbons (Fsp3) is 0.545. The number of para-hydroxylation sites is 1. The number of amides is 1. The van der Waals surface area contributed by atoms with Gasteiger partial charge in [-0.2, -0.15) is 0 Å². The summed E-state index contributed by atoms with van der Waals surface area (Å²) in [4.78, 5) is 30.7. The second-order valence-electron chi connectivity index (χ2n) is 8.38. The largest absolute Gasteiger partial charge is 0.489 e. The van der Waals surface area contributed by atoms with Gasteiger partial charge in [0.1, 0.15) is 18.0 Å². The number of hydroxylamine groups is 1. The Morgan fingerprint density at radius 3 is 2.43 bits per heavy atom. The highest BCUT2D eigenvalue weighted by Gasteiger charge is 2.47. The summed E-state index contributed by atoms with van der Waals surface area (Å²) in [5.41, 5.74) is 1.20. The molecule has 0 bridgehead atoms. The quantitative estimate of drug-likeness (QED) is 0.623. The van der Waals surface area contributed by atoms with Crippen molar-refractivity contribution < 1.29 is 28.6 Å². The van der Waals surface area contributed by atoms with E-state index in [1.165, 1.54) is 0 Å². The minimum Gasteiger partial charge on any atom is -0.489 e. The molecule has 0 aromatic heterocycles. The maximum absolute atomic E-state index is 12.7. The second-order valence-corrected chi connectivity index (χ2v) is 8.38. The average Bonchev–Trinajstić information content (AvgIpc) is 3.09. The number of benzene rings is 1. The third kappa shape index (κ3) is 6.38. The Labute approximate surface area is 177 Å². The van der Waals surface area contributed by atoms with Crippen LogP contribution in [0.1, 0.15) is 41.5 Å². The lowest BCUT2D eigenvalue weighted by atomic mass is 9.97. The van der Waals surface area contributed by atoms with Crippen LogP contribution in [0.25, 0.3) is 0 Å². The lowest BCUT2D eigenvalue weighted by Crippen LogP contribution is -2.46. The Balaban J connectivity index is 2.23. The molecule has 1 aromatic rings. The molecule has 1 aliphatic heterocycles. The Morgan fingerprint density at radius 2 is 1.87 bits per heavy atom. The number of esters is 1. The van der Waals surface area contributed by atoms with Crippen molar-refractivity contribution in [2.24, 2.45) is 5.92 Å². The number of hydrogen-bond acceptors (Lipinski definition) is 7. The highest BCUT2D eigenvalue weighted by atomic mass is 16.7. The van der Waals surface area contributed by atoms with E-state index in [9.17, 15) is 9.59 Å². The Kier molecular flexibility index (Phi) is 7.72. The van der Waals surface area contributed by atoms with Gasteiger partial charge in [-0.15, -0.1) is 0 Å². The monoisotopic (exact) mass is 420 g/mol. The maximum Gasteiger partial charge on any atom is 0.408 e. The van der Waals surface area contributed by atoms with Crippen LogP contribution < -0.4 is 15.5 Å². The van der Waals surface area contributed by atoms with Crippen molar-refractivity contribution in [2.75, 3.05) is 13.2 Å². The topological polar surface area (TPSA) is 95.1 Å².